The standard InChI is InChI=1S/C10H11NO2S/c11-9-2-6(8-4-14-5-8)1-7(3-9)10(12)13/h1-3,8H,4-5,11H2,(H,12,13). The van der Waals surface area contributed by atoms with Crippen molar-refractivity contribution < 1.29 is 9.90 Å². The molecule has 0 unspecified atom stereocenters. The first-order valence-corrected chi connectivity index (χ1v) is 5.54. The van der Waals surface area contributed by atoms with Crippen molar-refractivity contribution in [1.82, 2.24) is 0 Å². The zero-order valence-electron chi connectivity index (χ0n) is 7.56. The second-order valence-electron chi connectivity index (χ2n) is 3.43. The summed E-state index contributed by atoms with van der Waals surface area (Å²) in [5.41, 5.74) is 7.53. The molecule has 2 rings (SSSR count). The molecule has 0 saturated carbocycles. The number of hydrogen-bond donors (Lipinski definition) is 2. The van der Waals surface area contributed by atoms with Gasteiger partial charge in [-0.05, 0) is 23.8 Å². The van der Waals surface area contributed by atoms with E-state index in [0.717, 1.165) is 17.1 Å². The first kappa shape index (κ1) is 9.40. The molecule has 3 nitrogen and oxygen atoms in total. The van der Waals surface area contributed by atoms with Crippen LogP contribution < -0.4 is 5.73 Å². The second-order valence-corrected chi connectivity index (χ2v) is 4.50. The SMILES string of the molecule is Nc1cc(C(=O)O)cc(C2CSC2)c1. The topological polar surface area (TPSA) is 63.3 Å². The van der Waals surface area contributed by atoms with E-state index in [9.17, 15) is 4.79 Å². The van der Waals surface area contributed by atoms with Gasteiger partial charge in [0.2, 0.25) is 0 Å². The smallest absolute Gasteiger partial charge is 0.335 e. The molecule has 1 aliphatic heterocycles. The van der Waals surface area contributed by atoms with Crippen LogP contribution in [0.15, 0.2) is 18.2 Å². The van der Waals surface area contributed by atoms with Gasteiger partial charge in [-0.3, -0.25) is 0 Å². The molecule has 3 N–H and O–H groups in total. The van der Waals surface area contributed by atoms with Crippen LogP contribution in [-0.2, 0) is 0 Å². The predicted octanol–water partition coefficient (Wildman–Crippen LogP) is 1.80. The van der Waals surface area contributed by atoms with Crippen LogP contribution in [0, 0.1) is 0 Å². The normalized spacial score (nSPS) is 16.3. The van der Waals surface area contributed by atoms with E-state index in [1.165, 1.54) is 6.07 Å². The van der Waals surface area contributed by atoms with Gasteiger partial charge in [-0.1, -0.05) is 0 Å². The first-order valence-electron chi connectivity index (χ1n) is 4.38. The third-order valence-electron chi connectivity index (χ3n) is 2.33. The molecule has 0 amide bonds. The summed E-state index contributed by atoms with van der Waals surface area (Å²) in [4.78, 5) is 10.8. The van der Waals surface area contributed by atoms with E-state index >= 15 is 0 Å². The Kier molecular flexibility index (Phi) is 2.37. The number of rotatable bonds is 2. The maximum Gasteiger partial charge on any atom is 0.335 e. The van der Waals surface area contributed by atoms with Crippen LogP contribution in [0.1, 0.15) is 21.8 Å². The molecule has 0 aromatic heterocycles. The number of anilines is 1. The lowest BCUT2D eigenvalue weighted by atomic mass is 9.99. The van der Waals surface area contributed by atoms with Gasteiger partial charge in [0.25, 0.3) is 0 Å². The van der Waals surface area contributed by atoms with E-state index in [2.05, 4.69) is 0 Å². The molecular formula is C10H11NO2S. The minimum Gasteiger partial charge on any atom is -0.478 e. The summed E-state index contributed by atoms with van der Waals surface area (Å²) < 4.78 is 0. The Morgan fingerprint density at radius 2 is 2.14 bits per heavy atom. The molecule has 0 atom stereocenters. The van der Waals surface area contributed by atoms with Gasteiger partial charge in [0.05, 0.1) is 5.56 Å². The number of nitrogen functional groups attached to an aromatic ring is 1. The van der Waals surface area contributed by atoms with Crippen LogP contribution in [0.5, 0.6) is 0 Å². The number of benzene rings is 1. The minimum absolute atomic E-state index is 0.289. The zero-order valence-corrected chi connectivity index (χ0v) is 8.38. The second kappa shape index (κ2) is 3.53. The average Bonchev–Trinajstić information content (AvgIpc) is 1.99. The minimum atomic E-state index is -0.912. The molecule has 0 radical (unpaired) electrons. The van der Waals surface area contributed by atoms with E-state index < -0.39 is 5.97 Å². The highest BCUT2D eigenvalue weighted by molar-refractivity contribution is 8.00. The van der Waals surface area contributed by atoms with Crippen molar-refractivity contribution in [2.24, 2.45) is 0 Å². The van der Waals surface area contributed by atoms with Gasteiger partial charge in [0.1, 0.15) is 0 Å². The molecule has 1 saturated heterocycles. The van der Waals surface area contributed by atoms with Gasteiger partial charge in [-0.2, -0.15) is 11.8 Å². The van der Waals surface area contributed by atoms with Crippen molar-refractivity contribution in [3.8, 4) is 0 Å². The number of carboxylic acids is 1. The zero-order chi connectivity index (χ0) is 10.1. The highest BCUT2D eigenvalue weighted by Crippen LogP contribution is 2.35. The van der Waals surface area contributed by atoms with Crippen LogP contribution in [0.3, 0.4) is 0 Å². The van der Waals surface area contributed by atoms with E-state index in [0.29, 0.717) is 11.6 Å². The third-order valence-corrected chi connectivity index (χ3v) is 3.61. The molecule has 1 fully saturated rings. The van der Waals surface area contributed by atoms with Crippen molar-refractivity contribution >= 4 is 23.4 Å². The summed E-state index contributed by atoms with van der Waals surface area (Å²) in [6.45, 7) is 0. The molecule has 0 aliphatic carbocycles. The summed E-state index contributed by atoms with van der Waals surface area (Å²) >= 11 is 1.87. The lowest BCUT2D eigenvalue weighted by Crippen LogP contribution is -2.16. The van der Waals surface area contributed by atoms with E-state index in [1.54, 1.807) is 6.07 Å². The van der Waals surface area contributed by atoms with Crippen molar-refractivity contribution in [3.63, 3.8) is 0 Å². The fraction of sp³-hybridized carbons (Fsp3) is 0.300. The van der Waals surface area contributed by atoms with Crippen molar-refractivity contribution in [2.45, 2.75) is 5.92 Å². The van der Waals surface area contributed by atoms with Crippen LogP contribution in [-0.4, -0.2) is 22.6 Å². The molecule has 1 aromatic rings. The Balaban J connectivity index is 2.35. The summed E-state index contributed by atoms with van der Waals surface area (Å²) in [5, 5.41) is 8.85. The average molecular weight is 209 g/mol. The van der Waals surface area contributed by atoms with Gasteiger partial charge >= 0.3 is 5.97 Å². The molecule has 14 heavy (non-hydrogen) atoms. The highest BCUT2D eigenvalue weighted by atomic mass is 32.2. The maximum absolute atomic E-state index is 10.8. The summed E-state index contributed by atoms with van der Waals surface area (Å²) in [5.74, 6) is 1.72. The van der Waals surface area contributed by atoms with Crippen LogP contribution >= 0.6 is 11.8 Å². The van der Waals surface area contributed by atoms with E-state index in [4.69, 9.17) is 10.8 Å². The number of carboxylic acid groups (broad SMARTS) is 1. The molecule has 1 aliphatic rings. The number of hydrogen-bond acceptors (Lipinski definition) is 3. The molecule has 1 heterocycles. The third kappa shape index (κ3) is 1.70. The number of carbonyl (C=O) groups is 1. The van der Waals surface area contributed by atoms with Crippen molar-refractivity contribution in [3.05, 3.63) is 29.3 Å². The highest BCUT2D eigenvalue weighted by Gasteiger charge is 2.21. The maximum atomic E-state index is 10.8. The Hall–Kier alpha value is -1.16. The monoisotopic (exact) mass is 209 g/mol. The number of aromatic carboxylic acids is 1. The first-order chi connectivity index (χ1) is 6.66. The molecule has 74 valence electrons. The molecule has 0 spiro atoms. The van der Waals surface area contributed by atoms with E-state index in [1.807, 2.05) is 17.8 Å². The quantitative estimate of drug-likeness (QED) is 0.729. The molecular weight excluding hydrogens is 198 g/mol. The van der Waals surface area contributed by atoms with Crippen LogP contribution in [0.4, 0.5) is 5.69 Å². The van der Waals surface area contributed by atoms with E-state index in [-0.39, 0.29) is 5.56 Å². The van der Waals surface area contributed by atoms with Crippen LogP contribution in [0.25, 0.3) is 0 Å². The summed E-state index contributed by atoms with van der Waals surface area (Å²) in [6.07, 6.45) is 0. The van der Waals surface area contributed by atoms with Crippen molar-refractivity contribution in [1.29, 1.82) is 0 Å². The summed E-state index contributed by atoms with van der Waals surface area (Å²) in [6, 6.07) is 5.09. The lowest BCUT2D eigenvalue weighted by molar-refractivity contribution is 0.0697. The molecule has 0 bridgehead atoms. The van der Waals surface area contributed by atoms with Gasteiger partial charge < -0.3 is 10.8 Å². The Morgan fingerprint density at radius 3 is 2.64 bits per heavy atom. The predicted molar refractivity (Wildman–Crippen MR) is 57.9 cm³/mol. The Bertz CT molecular complexity index is 374. The van der Waals surface area contributed by atoms with Crippen LogP contribution in [0.2, 0.25) is 0 Å². The number of nitrogens with two attached hydrogens (primary N) is 1. The van der Waals surface area contributed by atoms with Gasteiger partial charge in [-0.25, -0.2) is 4.79 Å². The summed E-state index contributed by atoms with van der Waals surface area (Å²) in [7, 11) is 0. The number of thioether (sulfide) groups is 1. The fourth-order valence-corrected chi connectivity index (χ4v) is 2.32. The largest absolute Gasteiger partial charge is 0.478 e. The molecule has 1 aromatic carbocycles. The molecule has 4 heteroatoms. The van der Waals surface area contributed by atoms with Gasteiger partial charge in [0.15, 0.2) is 0 Å². The Morgan fingerprint density at radius 1 is 1.43 bits per heavy atom. The lowest BCUT2D eigenvalue weighted by Gasteiger charge is -2.25. The van der Waals surface area contributed by atoms with Crippen molar-refractivity contribution in [2.75, 3.05) is 17.2 Å². The fourth-order valence-electron chi connectivity index (χ4n) is 1.46. The Labute approximate surface area is 86.3 Å². The van der Waals surface area contributed by atoms with Gasteiger partial charge in [0, 0.05) is 23.1 Å². The van der Waals surface area contributed by atoms with Gasteiger partial charge in [-0.15, -0.1) is 0 Å².